The Morgan fingerprint density at radius 2 is 2.17 bits per heavy atom. The molecule has 1 heterocycles. The van der Waals surface area contributed by atoms with Gasteiger partial charge in [-0.1, -0.05) is 11.8 Å². The van der Waals surface area contributed by atoms with Crippen LogP contribution in [0.15, 0.2) is 12.5 Å². The summed E-state index contributed by atoms with van der Waals surface area (Å²) < 4.78 is 1.74. The normalized spacial score (nSPS) is 13.3. The third kappa shape index (κ3) is 6.38. The Labute approximate surface area is 137 Å². The number of aromatic nitrogens is 2. The first-order chi connectivity index (χ1) is 10.8. The summed E-state index contributed by atoms with van der Waals surface area (Å²) in [4.78, 5) is 38.7. The number of thioether (sulfide) groups is 1. The standard InChI is InChI=1S/C13H21N5O4S/c1-18-7-16-5-8(18)4-10(17-11(19)2-3-14)13(22)23-6-9(15)12(20)21/h5,7,9-10H,2-4,6,14-15H2,1H3,(H,17,19)(H,20,21)/t9?,10-/m0/s1. The van der Waals surface area contributed by atoms with Gasteiger partial charge in [0.1, 0.15) is 12.1 Å². The van der Waals surface area contributed by atoms with Crippen LogP contribution in [-0.4, -0.2) is 56.0 Å². The van der Waals surface area contributed by atoms with E-state index in [0.29, 0.717) is 0 Å². The fourth-order valence-corrected chi connectivity index (χ4v) is 2.55. The fourth-order valence-electron chi connectivity index (χ4n) is 1.73. The van der Waals surface area contributed by atoms with Crippen LogP contribution in [0.5, 0.6) is 0 Å². The molecule has 6 N–H and O–H groups in total. The highest BCUT2D eigenvalue weighted by Crippen LogP contribution is 2.12. The van der Waals surface area contributed by atoms with Gasteiger partial charge in [-0.05, 0) is 0 Å². The van der Waals surface area contributed by atoms with Crippen LogP contribution in [0.2, 0.25) is 0 Å². The lowest BCUT2D eigenvalue weighted by molar-refractivity contribution is -0.137. The summed E-state index contributed by atoms with van der Waals surface area (Å²) in [6.45, 7) is 0.176. The number of carbonyl (C=O) groups is 3. The Hall–Kier alpha value is -1.91. The Morgan fingerprint density at radius 1 is 1.48 bits per heavy atom. The molecule has 0 aliphatic carbocycles. The molecule has 2 atom stereocenters. The molecule has 0 saturated heterocycles. The van der Waals surface area contributed by atoms with Crippen molar-refractivity contribution in [3.63, 3.8) is 0 Å². The highest BCUT2D eigenvalue weighted by Gasteiger charge is 2.24. The molecule has 0 aromatic carbocycles. The van der Waals surface area contributed by atoms with E-state index in [1.165, 1.54) is 0 Å². The van der Waals surface area contributed by atoms with Crippen LogP contribution in [0, 0.1) is 0 Å². The number of hydrogen-bond acceptors (Lipinski definition) is 7. The number of nitrogens with two attached hydrogens (primary N) is 2. The quantitative estimate of drug-likeness (QED) is 0.421. The van der Waals surface area contributed by atoms with E-state index in [1.807, 2.05) is 0 Å². The topological polar surface area (TPSA) is 153 Å². The number of nitrogens with zero attached hydrogens (tertiary/aromatic N) is 2. The monoisotopic (exact) mass is 343 g/mol. The Kier molecular flexibility index (Phi) is 7.72. The molecule has 1 aromatic heterocycles. The zero-order valence-corrected chi connectivity index (χ0v) is 13.6. The van der Waals surface area contributed by atoms with Gasteiger partial charge in [-0.25, -0.2) is 4.98 Å². The van der Waals surface area contributed by atoms with Crippen molar-refractivity contribution in [2.24, 2.45) is 18.5 Å². The van der Waals surface area contributed by atoms with E-state index in [4.69, 9.17) is 16.6 Å². The lowest BCUT2D eigenvalue weighted by atomic mass is 10.1. The molecule has 0 bridgehead atoms. The van der Waals surface area contributed by atoms with Crippen LogP contribution in [0.1, 0.15) is 12.1 Å². The van der Waals surface area contributed by atoms with E-state index in [9.17, 15) is 14.4 Å². The number of imidazole rings is 1. The van der Waals surface area contributed by atoms with Crippen molar-refractivity contribution in [1.82, 2.24) is 14.9 Å². The van der Waals surface area contributed by atoms with Crippen LogP contribution in [0.3, 0.4) is 0 Å². The first kappa shape index (κ1) is 19.1. The number of carboxylic acids is 1. The van der Waals surface area contributed by atoms with Crippen molar-refractivity contribution in [3.05, 3.63) is 18.2 Å². The van der Waals surface area contributed by atoms with Crippen molar-refractivity contribution in [2.75, 3.05) is 12.3 Å². The number of hydrogen-bond donors (Lipinski definition) is 4. The number of carbonyl (C=O) groups excluding carboxylic acids is 2. The van der Waals surface area contributed by atoms with Crippen LogP contribution >= 0.6 is 11.8 Å². The van der Waals surface area contributed by atoms with Crippen LogP contribution in [0.4, 0.5) is 0 Å². The number of aliphatic carboxylic acids is 1. The van der Waals surface area contributed by atoms with Crippen molar-refractivity contribution < 1.29 is 19.5 Å². The molecule has 23 heavy (non-hydrogen) atoms. The molecular formula is C13H21N5O4S. The fraction of sp³-hybridized carbons (Fsp3) is 0.538. The van der Waals surface area contributed by atoms with E-state index in [-0.39, 0.29) is 36.2 Å². The van der Waals surface area contributed by atoms with Gasteiger partial charge in [-0.15, -0.1) is 0 Å². The number of rotatable bonds is 9. The Morgan fingerprint density at radius 3 is 2.70 bits per heavy atom. The average Bonchev–Trinajstić information content (AvgIpc) is 2.89. The molecule has 0 aliphatic heterocycles. The zero-order valence-electron chi connectivity index (χ0n) is 12.8. The lowest BCUT2D eigenvalue weighted by Crippen LogP contribution is -2.43. The van der Waals surface area contributed by atoms with Gasteiger partial charge in [-0.3, -0.25) is 14.4 Å². The summed E-state index contributed by atoms with van der Waals surface area (Å²) in [5, 5.41) is 11.0. The number of carboxylic acid groups (broad SMARTS) is 1. The van der Waals surface area contributed by atoms with Gasteiger partial charge in [0.2, 0.25) is 11.0 Å². The molecule has 128 valence electrons. The minimum atomic E-state index is -1.18. The maximum absolute atomic E-state index is 12.3. The van der Waals surface area contributed by atoms with Crippen molar-refractivity contribution in [2.45, 2.75) is 24.9 Å². The molecule has 10 heteroatoms. The second-order valence-corrected chi connectivity index (χ2v) is 5.96. The van der Waals surface area contributed by atoms with Crippen LogP contribution in [0.25, 0.3) is 0 Å². The van der Waals surface area contributed by atoms with Gasteiger partial charge in [-0.2, -0.15) is 0 Å². The second kappa shape index (κ2) is 9.28. The predicted octanol–water partition coefficient (Wildman–Crippen LogP) is -1.53. The summed E-state index contributed by atoms with van der Waals surface area (Å²) in [7, 11) is 1.78. The van der Waals surface area contributed by atoms with Gasteiger partial charge in [0.25, 0.3) is 0 Å². The maximum atomic E-state index is 12.3. The van der Waals surface area contributed by atoms with Gasteiger partial charge < -0.3 is 26.5 Å². The summed E-state index contributed by atoms with van der Waals surface area (Å²) in [6.07, 6.45) is 3.55. The molecule has 0 saturated carbocycles. The summed E-state index contributed by atoms with van der Waals surface area (Å²) in [6, 6.07) is -1.93. The molecule has 1 unspecified atom stereocenters. The summed E-state index contributed by atoms with van der Waals surface area (Å²) in [5.41, 5.74) is 11.5. The third-order valence-electron chi connectivity index (χ3n) is 3.04. The molecule has 0 spiro atoms. The van der Waals surface area contributed by atoms with Crippen molar-refractivity contribution >= 4 is 28.8 Å². The zero-order chi connectivity index (χ0) is 17.4. The first-order valence-electron chi connectivity index (χ1n) is 6.94. The van der Waals surface area contributed by atoms with Gasteiger partial charge in [0.05, 0.1) is 6.33 Å². The van der Waals surface area contributed by atoms with Crippen LogP contribution in [-0.2, 0) is 27.9 Å². The summed E-state index contributed by atoms with van der Waals surface area (Å²) >= 11 is 0.788. The lowest BCUT2D eigenvalue weighted by Gasteiger charge is -2.18. The molecule has 0 fully saturated rings. The first-order valence-corrected chi connectivity index (χ1v) is 7.93. The predicted molar refractivity (Wildman–Crippen MR) is 85.6 cm³/mol. The third-order valence-corrected chi connectivity index (χ3v) is 4.14. The molecule has 1 amide bonds. The highest BCUT2D eigenvalue weighted by molar-refractivity contribution is 8.13. The molecule has 9 nitrogen and oxygen atoms in total. The van der Waals surface area contributed by atoms with E-state index in [1.54, 1.807) is 24.1 Å². The number of nitrogens with one attached hydrogen (secondary N) is 1. The van der Waals surface area contributed by atoms with Gasteiger partial charge >= 0.3 is 5.97 Å². The smallest absolute Gasteiger partial charge is 0.321 e. The van der Waals surface area contributed by atoms with Gasteiger partial charge in [0.15, 0.2) is 0 Å². The molecule has 0 aliphatic rings. The number of aryl methyl sites for hydroxylation is 1. The van der Waals surface area contributed by atoms with E-state index < -0.39 is 18.1 Å². The van der Waals surface area contributed by atoms with E-state index in [2.05, 4.69) is 10.3 Å². The second-order valence-electron chi connectivity index (χ2n) is 4.93. The molecule has 1 rings (SSSR count). The maximum Gasteiger partial charge on any atom is 0.321 e. The van der Waals surface area contributed by atoms with E-state index >= 15 is 0 Å². The summed E-state index contributed by atoms with van der Waals surface area (Å²) in [5.74, 6) is -1.58. The Bertz CT molecular complexity index is 562. The SMILES string of the molecule is Cn1cncc1C[C@H](NC(=O)CCN)C(=O)SCC(N)C(=O)O. The minimum Gasteiger partial charge on any atom is -0.480 e. The van der Waals surface area contributed by atoms with Crippen LogP contribution < -0.4 is 16.8 Å². The molecular weight excluding hydrogens is 322 g/mol. The minimum absolute atomic E-state index is 0.0667. The molecule has 0 radical (unpaired) electrons. The van der Waals surface area contributed by atoms with Gasteiger partial charge in [0, 0.05) is 44.1 Å². The van der Waals surface area contributed by atoms with Crippen molar-refractivity contribution in [1.29, 1.82) is 0 Å². The molecule has 1 aromatic rings. The Balaban J connectivity index is 2.73. The van der Waals surface area contributed by atoms with E-state index in [0.717, 1.165) is 17.5 Å². The number of amides is 1. The van der Waals surface area contributed by atoms with Crippen molar-refractivity contribution in [3.8, 4) is 0 Å². The average molecular weight is 343 g/mol. The largest absolute Gasteiger partial charge is 0.480 e. The highest BCUT2D eigenvalue weighted by atomic mass is 32.2.